The molecule has 0 aliphatic carbocycles. The Morgan fingerprint density at radius 1 is 1.24 bits per heavy atom. The fraction of sp³-hybridized carbons (Fsp3) is 0.444. The van der Waals surface area contributed by atoms with Crippen LogP contribution in [0.5, 0.6) is 0 Å². The van der Waals surface area contributed by atoms with Gasteiger partial charge in [-0.05, 0) is 6.07 Å². The number of nitrogens with one attached hydrogen (secondary N) is 2. The summed E-state index contributed by atoms with van der Waals surface area (Å²) in [7, 11) is 1.63. The Morgan fingerprint density at radius 2 is 1.96 bits per heavy atom. The number of ether oxygens (including phenoxy) is 1. The smallest absolute Gasteiger partial charge is 0.321 e. The van der Waals surface area contributed by atoms with Gasteiger partial charge in [0.15, 0.2) is 0 Å². The molecule has 25 heavy (non-hydrogen) atoms. The fourth-order valence-electron chi connectivity index (χ4n) is 2.67. The number of piperazine rings is 1. The second kappa shape index (κ2) is 9.80. The molecule has 0 atom stereocenters. The van der Waals surface area contributed by atoms with Crippen LogP contribution in [0.15, 0.2) is 36.9 Å². The first-order valence-electron chi connectivity index (χ1n) is 8.36. The first-order chi connectivity index (χ1) is 12.1. The minimum Gasteiger partial charge on any atom is -0.380 e. The summed E-state index contributed by atoms with van der Waals surface area (Å²) in [5.74, 6) is -0.0219. The SMILES string of the molecule is C=CCNC(=O)CN1CCN(C(=O)Nc2ccccc2COC)CC1. The number of nitrogens with zero attached hydrogens (tertiary/aromatic N) is 2. The second-order valence-electron chi connectivity index (χ2n) is 5.88. The molecule has 1 fully saturated rings. The highest BCUT2D eigenvalue weighted by atomic mass is 16.5. The van der Waals surface area contributed by atoms with Gasteiger partial charge in [0.05, 0.1) is 13.2 Å². The normalized spacial score (nSPS) is 14.8. The van der Waals surface area contributed by atoms with Crippen molar-refractivity contribution in [2.45, 2.75) is 6.61 Å². The number of anilines is 1. The lowest BCUT2D eigenvalue weighted by molar-refractivity contribution is -0.122. The quantitative estimate of drug-likeness (QED) is 0.730. The molecule has 0 radical (unpaired) electrons. The van der Waals surface area contributed by atoms with E-state index in [2.05, 4.69) is 17.2 Å². The Labute approximate surface area is 148 Å². The predicted octanol–water partition coefficient (Wildman–Crippen LogP) is 1.28. The highest BCUT2D eigenvalue weighted by Crippen LogP contribution is 2.17. The minimum absolute atomic E-state index is 0.0219. The van der Waals surface area contributed by atoms with Gasteiger partial charge in [0.2, 0.25) is 5.91 Å². The average molecular weight is 346 g/mol. The number of urea groups is 1. The standard InChI is InChI=1S/C18H26N4O3/c1-3-8-19-17(23)13-21-9-11-22(12-10-21)18(24)20-16-7-5-4-6-15(16)14-25-2/h3-7H,1,8-14H2,2H3,(H,19,23)(H,20,24). The Hall–Kier alpha value is -2.38. The summed E-state index contributed by atoms with van der Waals surface area (Å²) in [6.45, 7) is 7.37. The molecule has 136 valence electrons. The zero-order valence-electron chi connectivity index (χ0n) is 14.7. The molecule has 1 aromatic carbocycles. The summed E-state index contributed by atoms with van der Waals surface area (Å²) in [4.78, 5) is 28.0. The molecular weight excluding hydrogens is 320 g/mol. The van der Waals surface area contributed by atoms with E-state index in [1.54, 1.807) is 18.1 Å². The van der Waals surface area contributed by atoms with Crippen molar-refractivity contribution in [3.8, 4) is 0 Å². The Kier molecular flexibility index (Phi) is 7.43. The van der Waals surface area contributed by atoms with Gasteiger partial charge in [-0.25, -0.2) is 4.79 Å². The molecular formula is C18H26N4O3. The third kappa shape index (κ3) is 5.88. The largest absolute Gasteiger partial charge is 0.380 e. The summed E-state index contributed by atoms with van der Waals surface area (Å²) < 4.78 is 5.16. The number of carbonyl (C=O) groups excluding carboxylic acids is 2. The van der Waals surface area contributed by atoms with Gasteiger partial charge in [0.1, 0.15) is 0 Å². The monoisotopic (exact) mass is 346 g/mol. The molecule has 1 aromatic rings. The van der Waals surface area contributed by atoms with Crippen molar-refractivity contribution in [3.63, 3.8) is 0 Å². The van der Waals surface area contributed by atoms with Crippen molar-refractivity contribution in [1.82, 2.24) is 15.1 Å². The Bertz CT molecular complexity index is 598. The van der Waals surface area contributed by atoms with Crippen LogP contribution in [-0.2, 0) is 16.1 Å². The summed E-state index contributed by atoms with van der Waals surface area (Å²) in [5, 5.41) is 5.71. The number of carbonyl (C=O) groups is 2. The molecule has 1 saturated heterocycles. The lowest BCUT2D eigenvalue weighted by atomic mass is 10.2. The van der Waals surface area contributed by atoms with Gasteiger partial charge < -0.3 is 20.3 Å². The van der Waals surface area contributed by atoms with E-state index in [0.29, 0.717) is 45.9 Å². The Balaban J connectivity index is 1.81. The number of rotatable bonds is 7. The van der Waals surface area contributed by atoms with Crippen LogP contribution in [0.4, 0.5) is 10.5 Å². The van der Waals surface area contributed by atoms with Crippen LogP contribution in [0.1, 0.15) is 5.56 Å². The maximum Gasteiger partial charge on any atom is 0.321 e. The number of hydrogen-bond acceptors (Lipinski definition) is 4. The number of benzene rings is 1. The third-order valence-corrected chi connectivity index (χ3v) is 4.03. The number of para-hydroxylation sites is 1. The zero-order chi connectivity index (χ0) is 18.1. The van der Waals surface area contributed by atoms with E-state index in [1.165, 1.54) is 0 Å². The highest BCUT2D eigenvalue weighted by molar-refractivity contribution is 5.90. The van der Waals surface area contributed by atoms with Crippen molar-refractivity contribution in [3.05, 3.63) is 42.5 Å². The van der Waals surface area contributed by atoms with Crippen molar-refractivity contribution in [2.24, 2.45) is 0 Å². The first-order valence-corrected chi connectivity index (χ1v) is 8.36. The van der Waals surface area contributed by atoms with Gasteiger partial charge in [-0.2, -0.15) is 0 Å². The molecule has 1 heterocycles. The predicted molar refractivity (Wildman–Crippen MR) is 97.4 cm³/mol. The van der Waals surface area contributed by atoms with Crippen LogP contribution in [0, 0.1) is 0 Å². The van der Waals surface area contributed by atoms with Crippen LogP contribution < -0.4 is 10.6 Å². The van der Waals surface area contributed by atoms with Crippen LogP contribution in [0.3, 0.4) is 0 Å². The molecule has 1 aliphatic rings. The number of amides is 3. The molecule has 0 unspecified atom stereocenters. The third-order valence-electron chi connectivity index (χ3n) is 4.03. The molecule has 1 aliphatic heterocycles. The average Bonchev–Trinajstić information content (AvgIpc) is 2.62. The zero-order valence-corrected chi connectivity index (χ0v) is 14.7. The van der Waals surface area contributed by atoms with Crippen LogP contribution >= 0.6 is 0 Å². The maximum atomic E-state index is 12.5. The topological polar surface area (TPSA) is 73.9 Å². The fourth-order valence-corrected chi connectivity index (χ4v) is 2.67. The molecule has 2 N–H and O–H groups in total. The molecule has 0 spiro atoms. The van der Waals surface area contributed by atoms with Gasteiger partial charge >= 0.3 is 6.03 Å². The van der Waals surface area contributed by atoms with Gasteiger partial charge in [-0.3, -0.25) is 9.69 Å². The summed E-state index contributed by atoms with van der Waals surface area (Å²) in [5.41, 5.74) is 1.71. The van der Waals surface area contributed by atoms with Crippen LogP contribution in [0.25, 0.3) is 0 Å². The van der Waals surface area contributed by atoms with E-state index >= 15 is 0 Å². The van der Waals surface area contributed by atoms with E-state index in [4.69, 9.17) is 4.74 Å². The van der Waals surface area contributed by atoms with Gasteiger partial charge in [0.25, 0.3) is 0 Å². The molecule has 3 amide bonds. The lowest BCUT2D eigenvalue weighted by Crippen LogP contribution is -2.52. The van der Waals surface area contributed by atoms with Crippen molar-refractivity contribution in [2.75, 3.05) is 51.7 Å². The van der Waals surface area contributed by atoms with Crippen LogP contribution in [0.2, 0.25) is 0 Å². The molecule has 2 rings (SSSR count). The molecule has 0 bridgehead atoms. The Morgan fingerprint density at radius 3 is 2.64 bits per heavy atom. The van der Waals surface area contributed by atoms with Gasteiger partial charge in [-0.1, -0.05) is 24.3 Å². The van der Waals surface area contributed by atoms with Crippen LogP contribution in [-0.4, -0.2) is 68.1 Å². The van der Waals surface area contributed by atoms with Crippen molar-refractivity contribution in [1.29, 1.82) is 0 Å². The number of methoxy groups -OCH3 is 1. The van der Waals surface area contributed by atoms with Gasteiger partial charge in [0, 0.05) is 51.1 Å². The molecule has 7 heteroatoms. The van der Waals surface area contributed by atoms with E-state index in [1.807, 2.05) is 29.2 Å². The van der Waals surface area contributed by atoms with E-state index in [-0.39, 0.29) is 11.9 Å². The van der Waals surface area contributed by atoms with E-state index in [0.717, 1.165) is 11.3 Å². The lowest BCUT2D eigenvalue weighted by Gasteiger charge is -2.34. The molecule has 7 nitrogen and oxygen atoms in total. The number of hydrogen-bond donors (Lipinski definition) is 2. The van der Waals surface area contributed by atoms with E-state index < -0.39 is 0 Å². The molecule has 0 aromatic heterocycles. The summed E-state index contributed by atoms with van der Waals surface area (Å²) in [6, 6.07) is 7.47. The summed E-state index contributed by atoms with van der Waals surface area (Å²) in [6.07, 6.45) is 1.65. The highest BCUT2D eigenvalue weighted by Gasteiger charge is 2.22. The van der Waals surface area contributed by atoms with E-state index in [9.17, 15) is 9.59 Å². The maximum absolute atomic E-state index is 12.5. The van der Waals surface area contributed by atoms with Crippen molar-refractivity contribution >= 4 is 17.6 Å². The second-order valence-corrected chi connectivity index (χ2v) is 5.88. The minimum atomic E-state index is -0.126. The first kappa shape index (κ1) is 19.0. The van der Waals surface area contributed by atoms with Gasteiger partial charge in [-0.15, -0.1) is 6.58 Å². The molecule has 0 saturated carbocycles. The summed E-state index contributed by atoms with van der Waals surface area (Å²) >= 11 is 0. The van der Waals surface area contributed by atoms with Crippen molar-refractivity contribution < 1.29 is 14.3 Å².